The lowest BCUT2D eigenvalue weighted by molar-refractivity contribution is -0.119. The van der Waals surface area contributed by atoms with Crippen molar-refractivity contribution >= 4 is 29.2 Å². The van der Waals surface area contributed by atoms with Crippen molar-refractivity contribution in [3.05, 3.63) is 24.3 Å². The van der Waals surface area contributed by atoms with E-state index in [-0.39, 0.29) is 24.3 Å². The molecule has 0 saturated carbocycles. The molecule has 1 aliphatic rings. The summed E-state index contributed by atoms with van der Waals surface area (Å²) in [4.78, 5) is 35.5. The van der Waals surface area contributed by atoms with Crippen LogP contribution in [0.5, 0.6) is 0 Å². The monoisotopic (exact) mass is 290 g/mol. The molecule has 0 unspecified atom stereocenters. The molecule has 2 rings (SSSR count). The Balaban J connectivity index is 1.86. The van der Waals surface area contributed by atoms with Crippen LogP contribution < -0.4 is 20.9 Å². The molecule has 4 amide bonds. The highest BCUT2D eigenvalue weighted by molar-refractivity contribution is 5.95. The lowest BCUT2D eigenvalue weighted by Crippen LogP contribution is -2.27. The number of nitrogens with zero attached hydrogens (tertiary/aromatic N) is 1. The number of urea groups is 1. The first-order valence-electron chi connectivity index (χ1n) is 6.76. The number of benzene rings is 1. The van der Waals surface area contributed by atoms with Crippen LogP contribution in [-0.4, -0.2) is 37.5 Å². The maximum atomic E-state index is 11.7. The molecule has 0 bridgehead atoms. The number of amides is 4. The predicted molar refractivity (Wildman–Crippen MR) is 79.1 cm³/mol. The first-order chi connectivity index (χ1) is 10.1. The molecule has 0 atom stereocenters. The zero-order valence-corrected chi connectivity index (χ0v) is 11.8. The predicted octanol–water partition coefficient (Wildman–Crippen LogP) is 0.681. The van der Waals surface area contributed by atoms with Gasteiger partial charge in [-0.25, -0.2) is 4.79 Å². The van der Waals surface area contributed by atoms with Crippen LogP contribution in [0.3, 0.4) is 0 Å². The first-order valence-corrected chi connectivity index (χ1v) is 6.76. The van der Waals surface area contributed by atoms with Crippen molar-refractivity contribution in [1.29, 1.82) is 0 Å². The molecule has 112 valence electrons. The van der Waals surface area contributed by atoms with E-state index in [9.17, 15) is 14.4 Å². The van der Waals surface area contributed by atoms with Gasteiger partial charge in [0.05, 0.1) is 0 Å². The fourth-order valence-electron chi connectivity index (χ4n) is 2.02. The molecule has 1 saturated heterocycles. The summed E-state index contributed by atoms with van der Waals surface area (Å²) < 4.78 is 0. The fourth-order valence-corrected chi connectivity index (χ4v) is 2.02. The Labute approximate surface area is 122 Å². The maximum Gasteiger partial charge on any atom is 0.321 e. The molecular weight excluding hydrogens is 272 g/mol. The van der Waals surface area contributed by atoms with Gasteiger partial charge in [-0.3, -0.25) is 14.5 Å². The van der Waals surface area contributed by atoms with E-state index in [1.54, 1.807) is 29.2 Å². The van der Waals surface area contributed by atoms with Crippen molar-refractivity contribution < 1.29 is 14.4 Å². The number of rotatable bonds is 5. The summed E-state index contributed by atoms with van der Waals surface area (Å²) in [5, 5.41) is 8.03. The van der Waals surface area contributed by atoms with Gasteiger partial charge in [0.15, 0.2) is 0 Å². The molecule has 21 heavy (non-hydrogen) atoms. The Morgan fingerprint density at radius 1 is 1.29 bits per heavy atom. The number of hydrogen-bond donors (Lipinski definition) is 3. The smallest absolute Gasteiger partial charge is 0.321 e. The van der Waals surface area contributed by atoms with E-state index >= 15 is 0 Å². The molecule has 3 N–H and O–H groups in total. The topological polar surface area (TPSA) is 90.5 Å². The normalized spacial score (nSPS) is 13.8. The Morgan fingerprint density at radius 2 is 2.00 bits per heavy atom. The quantitative estimate of drug-likeness (QED) is 0.745. The molecule has 0 spiro atoms. The van der Waals surface area contributed by atoms with Gasteiger partial charge in [0, 0.05) is 44.4 Å². The molecule has 7 nitrogen and oxygen atoms in total. The summed E-state index contributed by atoms with van der Waals surface area (Å²) >= 11 is 0. The number of carbonyl (C=O) groups is 3. The van der Waals surface area contributed by atoms with Crippen LogP contribution in [0.2, 0.25) is 0 Å². The summed E-state index contributed by atoms with van der Waals surface area (Å²) in [6.07, 6.45) is 0.218. The third kappa shape index (κ3) is 4.20. The first kappa shape index (κ1) is 14.8. The molecule has 0 aromatic heterocycles. The van der Waals surface area contributed by atoms with Gasteiger partial charge in [-0.2, -0.15) is 0 Å². The highest BCUT2D eigenvalue weighted by atomic mass is 16.2. The van der Waals surface area contributed by atoms with Gasteiger partial charge >= 0.3 is 6.03 Å². The van der Waals surface area contributed by atoms with Gasteiger partial charge in [0.2, 0.25) is 11.8 Å². The van der Waals surface area contributed by atoms with E-state index in [2.05, 4.69) is 16.0 Å². The molecule has 7 heteroatoms. The van der Waals surface area contributed by atoms with E-state index in [0.717, 1.165) is 5.69 Å². The zero-order chi connectivity index (χ0) is 15.2. The molecule has 1 fully saturated rings. The number of carbonyl (C=O) groups excluding carboxylic acids is 3. The van der Waals surface area contributed by atoms with E-state index in [1.165, 1.54) is 6.92 Å². The van der Waals surface area contributed by atoms with Gasteiger partial charge in [-0.1, -0.05) is 0 Å². The van der Waals surface area contributed by atoms with Crippen LogP contribution in [0.15, 0.2) is 24.3 Å². The second-order valence-electron chi connectivity index (χ2n) is 4.71. The second kappa shape index (κ2) is 6.74. The Kier molecular flexibility index (Phi) is 4.76. The van der Waals surface area contributed by atoms with Crippen molar-refractivity contribution in [2.45, 2.75) is 13.3 Å². The molecule has 0 aliphatic carbocycles. The fraction of sp³-hybridized carbons (Fsp3) is 0.357. The highest BCUT2D eigenvalue weighted by Gasteiger charge is 2.20. The van der Waals surface area contributed by atoms with Gasteiger partial charge in [0.25, 0.3) is 0 Å². The van der Waals surface area contributed by atoms with Crippen molar-refractivity contribution in [2.75, 3.05) is 29.9 Å². The summed E-state index contributed by atoms with van der Waals surface area (Å²) in [6, 6.07) is 6.96. The standard InChI is InChI=1S/C14H18N4O3/c1-10(19)15-7-6-13(20)17-11-2-4-12(5-3-11)18-9-8-16-14(18)21/h2-5H,6-9H2,1H3,(H,15,19)(H,16,21)(H,17,20). The van der Waals surface area contributed by atoms with Crippen LogP contribution in [-0.2, 0) is 9.59 Å². The minimum Gasteiger partial charge on any atom is -0.356 e. The molecule has 1 aliphatic heterocycles. The summed E-state index contributed by atoms with van der Waals surface area (Å²) in [7, 11) is 0. The molecule has 1 aromatic carbocycles. The second-order valence-corrected chi connectivity index (χ2v) is 4.71. The summed E-state index contributed by atoms with van der Waals surface area (Å²) in [6.45, 7) is 3.00. The van der Waals surface area contributed by atoms with Gasteiger partial charge in [-0.05, 0) is 24.3 Å². The summed E-state index contributed by atoms with van der Waals surface area (Å²) in [5.74, 6) is -0.327. The van der Waals surface area contributed by atoms with Crippen LogP contribution in [0.4, 0.5) is 16.2 Å². The van der Waals surface area contributed by atoms with E-state index in [1.807, 2.05) is 0 Å². The lowest BCUT2D eigenvalue weighted by Gasteiger charge is -2.14. The zero-order valence-electron chi connectivity index (χ0n) is 11.8. The van der Waals surface area contributed by atoms with Crippen LogP contribution in [0.25, 0.3) is 0 Å². The van der Waals surface area contributed by atoms with Crippen LogP contribution in [0.1, 0.15) is 13.3 Å². The maximum absolute atomic E-state index is 11.7. The highest BCUT2D eigenvalue weighted by Crippen LogP contribution is 2.19. The minimum atomic E-state index is -0.171. The average molecular weight is 290 g/mol. The van der Waals surface area contributed by atoms with Crippen molar-refractivity contribution in [1.82, 2.24) is 10.6 Å². The molecular formula is C14H18N4O3. The summed E-state index contributed by atoms with van der Waals surface area (Å²) in [5.41, 5.74) is 1.45. The Bertz CT molecular complexity index is 542. The van der Waals surface area contributed by atoms with Crippen molar-refractivity contribution in [2.24, 2.45) is 0 Å². The van der Waals surface area contributed by atoms with Gasteiger partial charge < -0.3 is 16.0 Å². The van der Waals surface area contributed by atoms with Gasteiger partial charge in [0.1, 0.15) is 0 Å². The Morgan fingerprint density at radius 3 is 2.57 bits per heavy atom. The van der Waals surface area contributed by atoms with E-state index in [4.69, 9.17) is 0 Å². The molecule has 1 heterocycles. The van der Waals surface area contributed by atoms with Crippen LogP contribution >= 0.6 is 0 Å². The lowest BCUT2D eigenvalue weighted by atomic mass is 10.2. The van der Waals surface area contributed by atoms with Crippen molar-refractivity contribution in [3.8, 4) is 0 Å². The average Bonchev–Trinajstić information content (AvgIpc) is 2.85. The minimum absolute atomic E-state index is 0.109. The van der Waals surface area contributed by atoms with Crippen molar-refractivity contribution in [3.63, 3.8) is 0 Å². The Hall–Kier alpha value is -2.57. The molecule has 0 radical (unpaired) electrons. The third-order valence-electron chi connectivity index (χ3n) is 3.05. The number of hydrogen-bond acceptors (Lipinski definition) is 3. The van der Waals surface area contributed by atoms with E-state index < -0.39 is 0 Å². The third-order valence-corrected chi connectivity index (χ3v) is 3.05. The van der Waals surface area contributed by atoms with E-state index in [0.29, 0.717) is 25.3 Å². The SMILES string of the molecule is CC(=O)NCCC(=O)Nc1ccc(N2CCNC2=O)cc1. The molecule has 1 aromatic rings. The largest absolute Gasteiger partial charge is 0.356 e. The van der Waals surface area contributed by atoms with Crippen LogP contribution in [0, 0.1) is 0 Å². The number of nitrogens with one attached hydrogen (secondary N) is 3. The number of anilines is 2. The van der Waals surface area contributed by atoms with Gasteiger partial charge in [-0.15, -0.1) is 0 Å².